The van der Waals surface area contributed by atoms with E-state index < -0.39 is 0 Å². The van der Waals surface area contributed by atoms with Gasteiger partial charge in [0.2, 0.25) is 0 Å². The second-order valence-corrected chi connectivity index (χ2v) is 4.99. The normalized spacial score (nSPS) is 22.2. The molecule has 0 spiro atoms. The van der Waals surface area contributed by atoms with Crippen molar-refractivity contribution in [3.05, 3.63) is 11.4 Å². The predicted octanol–water partition coefficient (Wildman–Crippen LogP) is 2.47. The van der Waals surface area contributed by atoms with Crippen LogP contribution in [0.2, 0.25) is 0 Å². The van der Waals surface area contributed by atoms with Crippen molar-refractivity contribution in [3.8, 4) is 0 Å². The fourth-order valence-electron chi connectivity index (χ4n) is 2.82. The summed E-state index contributed by atoms with van der Waals surface area (Å²) in [6.07, 6.45) is 9.35. The summed E-state index contributed by atoms with van der Waals surface area (Å²) in [5.41, 5.74) is 1.70. The van der Waals surface area contributed by atoms with Crippen LogP contribution < -0.4 is 0 Å². The summed E-state index contributed by atoms with van der Waals surface area (Å²) in [5.74, 6) is 0.496. The van der Waals surface area contributed by atoms with Gasteiger partial charge in [-0.15, -0.1) is 5.10 Å². The van der Waals surface area contributed by atoms with Crippen molar-refractivity contribution in [1.82, 2.24) is 15.0 Å². The molecule has 16 heavy (non-hydrogen) atoms. The first kappa shape index (κ1) is 10.00. The molecule has 0 N–H and O–H groups in total. The summed E-state index contributed by atoms with van der Waals surface area (Å²) < 4.78 is 1.88. The Bertz CT molecular complexity index is 389. The Balaban J connectivity index is 1.92. The topological polar surface area (TPSA) is 47.8 Å². The molecule has 0 saturated heterocycles. The zero-order chi connectivity index (χ0) is 11.0. The third-order valence-corrected chi connectivity index (χ3v) is 4.03. The maximum atomic E-state index is 11.2. The van der Waals surface area contributed by atoms with Gasteiger partial charge in [-0.05, 0) is 25.7 Å². The molecule has 1 aromatic rings. The molecule has 86 valence electrons. The average molecular weight is 219 g/mol. The molecular formula is C12H17N3O. The highest BCUT2D eigenvalue weighted by Crippen LogP contribution is 2.38. The molecule has 0 aliphatic heterocycles. The molecule has 0 radical (unpaired) electrons. The highest BCUT2D eigenvalue weighted by molar-refractivity contribution is 5.74. The molecule has 0 atom stereocenters. The summed E-state index contributed by atoms with van der Waals surface area (Å²) in [4.78, 5) is 11.2. The lowest BCUT2D eigenvalue weighted by Gasteiger charge is -2.23. The maximum Gasteiger partial charge on any atom is 0.170 e. The zero-order valence-electron chi connectivity index (χ0n) is 9.43. The number of carbonyl (C=O) groups is 1. The third kappa shape index (κ3) is 1.47. The lowest BCUT2D eigenvalue weighted by atomic mass is 9.82. The summed E-state index contributed by atoms with van der Waals surface area (Å²) in [6, 6.07) is 0.418. The first-order chi connectivity index (χ1) is 7.90. The minimum Gasteiger partial charge on any atom is -0.296 e. The minimum atomic E-state index is 0.418. The number of hydrogen-bond acceptors (Lipinski definition) is 3. The summed E-state index contributed by atoms with van der Waals surface area (Å²) in [5, 5.41) is 8.44. The third-order valence-electron chi connectivity index (χ3n) is 4.03. The van der Waals surface area contributed by atoms with Crippen LogP contribution in [0.3, 0.4) is 0 Å². The molecule has 2 aliphatic carbocycles. The van der Waals surface area contributed by atoms with Crippen molar-refractivity contribution in [1.29, 1.82) is 0 Å². The van der Waals surface area contributed by atoms with E-state index in [9.17, 15) is 4.79 Å². The molecule has 2 saturated carbocycles. The highest BCUT2D eigenvalue weighted by Gasteiger charge is 2.29. The second-order valence-electron chi connectivity index (χ2n) is 4.99. The van der Waals surface area contributed by atoms with E-state index in [-0.39, 0.29) is 0 Å². The summed E-state index contributed by atoms with van der Waals surface area (Å²) >= 11 is 0. The van der Waals surface area contributed by atoms with E-state index in [0.717, 1.165) is 30.5 Å². The van der Waals surface area contributed by atoms with Crippen LogP contribution in [-0.4, -0.2) is 21.3 Å². The Morgan fingerprint density at radius 3 is 2.44 bits per heavy atom. The molecule has 2 fully saturated rings. The molecule has 2 aliphatic rings. The van der Waals surface area contributed by atoms with Crippen molar-refractivity contribution in [3.63, 3.8) is 0 Å². The van der Waals surface area contributed by atoms with Crippen LogP contribution in [0.5, 0.6) is 0 Å². The number of hydrogen-bond donors (Lipinski definition) is 0. The van der Waals surface area contributed by atoms with Crippen LogP contribution in [0.15, 0.2) is 0 Å². The van der Waals surface area contributed by atoms with Crippen molar-refractivity contribution in [2.45, 2.75) is 56.9 Å². The van der Waals surface area contributed by atoms with Crippen molar-refractivity contribution < 1.29 is 4.79 Å². The van der Waals surface area contributed by atoms with Gasteiger partial charge in [0, 0.05) is 5.92 Å². The number of nitrogens with zero attached hydrogens (tertiary/aromatic N) is 3. The minimum absolute atomic E-state index is 0.418. The first-order valence-corrected chi connectivity index (χ1v) is 6.30. The van der Waals surface area contributed by atoms with Crippen LogP contribution in [0.1, 0.15) is 73.1 Å². The van der Waals surface area contributed by atoms with Crippen LogP contribution in [0.25, 0.3) is 0 Å². The molecular weight excluding hydrogens is 202 g/mol. The number of aldehydes is 1. The zero-order valence-corrected chi connectivity index (χ0v) is 9.43. The highest BCUT2D eigenvalue weighted by atomic mass is 16.1. The largest absolute Gasteiger partial charge is 0.296 e. The molecule has 1 heterocycles. The van der Waals surface area contributed by atoms with E-state index >= 15 is 0 Å². The van der Waals surface area contributed by atoms with E-state index in [1.165, 1.54) is 32.1 Å². The van der Waals surface area contributed by atoms with Gasteiger partial charge in [-0.25, -0.2) is 4.68 Å². The van der Waals surface area contributed by atoms with Gasteiger partial charge in [0.15, 0.2) is 6.29 Å². The molecule has 0 aromatic carbocycles. The van der Waals surface area contributed by atoms with Gasteiger partial charge >= 0.3 is 0 Å². The quantitative estimate of drug-likeness (QED) is 0.734. The maximum absolute atomic E-state index is 11.2. The SMILES string of the molecule is O=Cc1c(C2CCC2)nnn1C1CCCC1. The van der Waals surface area contributed by atoms with Crippen molar-refractivity contribution >= 4 is 6.29 Å². The Kier molecular flexibility index (Phi) is 2.50. The first-order valence-electron chi connectivity index (χ1n) is 6.30. The van der Waals surface area contributed by atoms with Crippen LogP contribution in [0.4, 0.5) is 0 Å². The fourth-order valence-corrected chi connectivity index (χ4v) is 2.82. The Morgan fingerprint density at radius 1 is 1.12 bits per heavy atom. The fraction of sp³-hybridized carbons (Fsp3) is 0.750. The molecule has 1 aromatic heterocycles. The smallest absolute Gasteiger partial charge is 0.170 e. The standard InChI is InChI=1S/C12H17N3O/c16-8-11-12(9-4-3-5-9)13-14-15(11)10-6-1-2-7-10/h8-10H,1-7H2. The molecule has 4 heteroatoms. The number of rotatable bonds is 3. The Hall–Kier alpha value is -1.19. The average Bonchev–Trinajstić information content (AvgIpc) is 2.81. The summed E-state index contributed by atoms with van der Waals surface area (Å²) in [7, 11) is 0. The van der Waals surface area contributed by atoms with Gasteiger partial charge in [-0.3, -0.25) is 4.79 Å². The molecule has 4 nitrogen and oxygen atoms in total. The van der Waals surface area contributed by atoms with Gasteiger partial charge in [-0.1, -0.05) is 24.5 Å². The van der Waals surface area contributed by atoms with E-state index in [2.05, 4.69) is 10.3 Å². The number of aromatic nitrogens is 3. The van der Waals surface area contributed by atoms with Crippen molar-refractivity contribution in [2.75, 3.05) is 0 Å². The predicted molar refractivity (Wildman–Crippen MR) is 59.5 cm³/mol. The van der Waals surface area contributed by atoms with Gasteiger partial charge < -0.3 is 0 Å². The van der Waals surface area contributed by atoms with Gasteiger partial charge in [-0.2, -0.15) is 0 Å². The Labute approximate surface area is 95.0 Å². The van der Waals surface area contributed by atoms with E-state index in [1.54, 1.807) is 0 Å². The van der Waals surface area contributed by atoms with Crippen LogP contribution in [-0.2, 0) is 0 Å². The second kappa shape index (κ2) is 4.00. The van der Waals surface area contributed by atoms with Gasteiger partial charge in [0.25, 0.3) is 0 Å². The monoisotopic (exact) mass is 219 g/mol. The van der Waals surface area contributed by atoms with E-state index in [0.29, 0.717) is 12.0 Å². The molecule has 3 rings (SSSR count). The number of carbonyl (C=O) groups excluding carboxylic acids is 1. The van der Waals surface area contributed by atoms with Crippen molar-refractivity contribution in [2.24, 2.45) is 0 Å². The summed E-state index contributed by atoms with van der Waals surface area (Å²) in [6.45, 7) is 0. The van der Waals surface area contributed by atoms with E-state index in [1.807, 2.05) is 4.68 Å². The van der Waals surface area contributed by atoms with Crippen LogP contribution >= 0.6 is 0 Å². The molecule has 0 unspecified atom stereocenters. The van der Waals surface area contributed by atoms with Gasteiger partial charge in [0.05, 0.1) is 11.7 Å². The molecule has 0 bridgehead atoms. The molecule has 0 amide bonds. The van der Waals surface area contributed by atoms with Gasteiger partial charge in [0.1, 0.15) is 5.69 Å². The Morgan fingerprint density at radius 2 is 1.88 bits per heavy atom. The lowest BCUT2D eigenvalue weighted by Crippen LogP contribution is -2.14. The van der Waals surface area contributed by atoms with E-state index in [4.69, 9.17) is 0 Å². The van der Waals surface area contributed by atoms with Crippen LogP contribution in [0, 0.1) is 0 Å². The lowest BCUT2D eigenvalue weighted by molar-refractivity contribution is 0.111.